The summed E-state index contributed by atoms with van der Waals surface area (Å²) in [5.41, 5.74) is -0.386. The van der Waals surface area contributed by atoms with Gasteiger partial charge in [-0.25, -0.2) is 4.79 Å². The smallest absolute Gasteiger partial charge is 0.325 e. The summed E-state index contributed by atoms with van der Waals surface area (Å²) in [6, 6.07) is 31.1. The topological polar surface area (TPSA) is 146 Å². The fourth-order valence-electron chi connectivity index (χ4n) is 9.51. The quantitative estimate of drug-likeness (QED) is 0.183. The SMILES string of the molecule is C[C@]12C=CC=CC1[C@]1(C(=O)N2C(=O)NCc2ccccc2)[C@H](c2ccc(OCCO)cc2)N2[C@H](c3ccccc3)[C@H](c3ccccc3)OC(=O)[C@H]2[C@@H]1C(=O)O. The maximum atomic E-state index is 15.8. The van der Waals surface area contributed by atoms with Gasteiger partial charge >= 0.3 is 18.0 Å². The molecule has 3 N–H and O–H groups in total. The van der Waals surface area contributed by atoms with Crippen LogP contribution in [0.15, 0.2) is 140 Å². The number of imide groups is 1. The number of morpholine rings is 1. The van der Waals surface area contributed by atoms with Crippen LogP contribution in [0.25, 0.3) is 0 Å². The van der Waals surface area contributed by atoms with Gasteiger partial charge in [-0.2, -0.15) is 0 Å². The first-order chi connectivity index (χ1) is 26.7. The summed E-state index contributed by atoms with van der Waals surface area (Å²) in [7, 11) is 0. The molecular weight excluding hydrogens is 698 g/mol. The van der Waals surface area contributed by atoms with E-state index in [9.17, 15) is 24.6 Å². The van der Waals surface area contributed by atoms with Gasteiger partial charge < -0.3 is 25.0 Å². The number of carbonyl (C=O) groups excluding carboxylic acids is 3. The number of esters is 1. The molecule has 0 bridgehead atoms. The van der Waals surface area contributed by atoms with Crippen LogP contribution in [0.4, 0.5) is 4.79 Å². The number of nitrogens with zero attached hydrogens (tertiary/aromatic N) is 2. The highest BCUT2D eigenvalue weighted by Gasteiger charge is 2.80. The molecule has 1 aliphatic carbocycles. The van der Waals surface area contributed by atoms with Gasteiger partial charge in [-0.1, -0.05) is 127 Å². The third kappa shape index (κ3) is 5.73. The number of allylic oxidation sites excluding steroid dienone is 2. The van der Waals surface area contributed by atoms with E-state index >= 15 is 4.79 Å². The molecule has 11 heteroatoms. The number of hydrogen-bond donors (Lipinski definition) is 3. The number of ether oxygens (including phenoxy) is 2. The molecule has 4 aromatic carbocycles. The van der Waals surface area contributed by atoms with Crippen molar-refractivity contribution in [3.05, 3.63) is 162 Å². The largest absolute Gasteiger partial charge is 0.491 e. The van der Waals surface area contributed by atoms with Crippen molar-refractivity contribution in [3.8, 4) is 5.75 Å². The molecule has 3 amide bonds. The number of nitrogens with one attached hydrogen (secondary N) is 1. The Morgan fingerprint density at radius 1 is 0.818 bits per heavy atom. The minimum atomic E-state index is -1.90. The lowest BCUT2D eigenvalue weighted by molar-refractivity contribution is -0.179. The summed E-state index contributed by atoms with van der Waals surface area (Å²) in [5, 5.41) is 23.7. The van der Waals surface area contributed by atoms with E-state index in [-0.39, 0.29) is 19.8 Å². The summed E-state index contributed by atoms with van der Waals surface area (Å²) in [6.45, 7) is 1.77. The Morgan fingerprint density at radius 2 is 1.45 bits per heavy atom. The maximum absolute atomic E-state index is 15.8. The van der Waals surface area contributed by atoms with Crippen LogP contribution in [-0.2, 0) is 25.7 Å². The number of hydrogen-bond acceptors (Lipinski definition) is 8. The summed E-state index contributed by atoms with van der Waals surface area (Å²) in [4.78, 5) is 62.0. The summed E-state index contributed by atoms with van der Waals surface area (Å²) in [6.07, 6.45) is 6.23. The Labute approximate surface area is 318 Å². The van der Waals surface area contributed by atoms with Crippen molar-refractivity contribution in [3.63, 3.8) is 0 Å². The van der Waals surface area contributed by atoms with E-state index in [0.29, 0.717) is 16.9 Å². The minimum absolute atomic E-state index is 0.0613. The zero-order valence-electron chi connectivity index (χ0n) is 30.1. The van der Waals surface area contributed by atoms with Gasteiger partial charge in [-0.15, -0.1) is 0 Å². The zero-order valence-corrected chi connectivity index (χ0v) is 30.1. The molecular formula is C44H41N3O8. The van der Waals surface area contributed by atoms with Crippen molar-refractivity contribution in [2.45, 2.75) is 43.2 Å². The number of cyclic esters (lactones) is 1. The van der Waals surface area contributed by atoms with Crippen molar-refractivity contribution < 1.29 is 38.9 Å². The average Bonchev–Trinajstić information content (AvgIpc) is 3.64. The molecule has 3 aliphatic heterocycles. The number of carbonyl (C=O) groups is 4. The molecule has 3 heterocycles. The van der Waals surface area contributed by atoms with Gasteiger partial charge in [0.15, 0.2) is 0 Å². The lowest BCUT2D eigenvalue weighted by atomic mass is 9.58. The van der Waals surface area contributed by atoms with Crippen LogP contribution < -0.4 is 10.1 Å². The van der Waals surface area contributed by atoms with E-state index in [1.807, 2.05) is 95.9 Å². The van der Waals surface area contributed by atoms with Crippen LogP contribution in [0.2, 0.25) is 0 Å². The second-order valence-corrected chi connectivity index (χ2v) is 14.5. The Hall–Kier alpha value is -6.04. The van der Waals surface area contributed by atoms with Crippen molar-refractivity contribution in [2.24, 2.45) is 17.3 Å². The van der Waals surface area contributed by atoms with E-state index in [1.54, 1.807) is 55.5 Å². The highest BCUT2D eigenvalue weighted by Crippen LogP contribution is 2.69. The molecule has 11 nitrogen and oxygen atoms in total. The summed E-state index contributed by atoms with van der Waals surface area (Å²) in [5.74, 6) is -4.90. The molecule has 280 valence electrons. The maximum Gasteiger partial charge on any atom is 0.325 e. The van der Waals surface area contributed by atoms with Gasteiger partial charge in [0.1, 0.15) is 24.5 Å². The van der Waals surface area contributed by atoms with Crippen LogP contribution in [-0.4, -0.2) is 68.7 Å². The molecule has 3 saturated heterocycles. The van der Waals surface area contributed by atoms with Gasteiger partial charge in [0, 0.05) is 12.5 Å². The third-order valence-electron chi connectivity index (χ3n) is 11.6. The second-order valence-electron chi connectivity index (χ2n) is 14.5. The van der Waals surface area contributed by atoms with E-state index in [1.165, 1.54) is 0 Å². The van der Waals surface area contributed by atoms with Gasteiger partial charge in [0.2, 0.25) is 5.91 Å². The van der Waals surface area contributed by atoms with Crippen molar-refractivity contribution >= 4 is 23.9 Å². The van der Waals surface area contributed by atoms with Crippen LogP contribution >= 0.6 is 0 Å². The second kappa shape index (κ2) is 14.3. The number of amides is 3. The monoisotopic (exact) mass is 739 g/mol. The van der Waals surface area contributed by atoms with Crippen LogP contribution in [0.5, 0.6) is 5.75 Å². The molecule has 55 heavy (non-hydrogen) atoms. The lowest BCUT2D eigenvalue weighted by Crippen LogP contribution is -2.53. The molecule has 8 atom stereocenters. The molecule has 4 aliphatic rings. The Balaban J connectivity index is 1.37. The number of fused-ring (bicyclic) bond motifs is 3. The summed E-state index contributed by atoms with van der Waals surface area (Å²) < 4.78 is 12.0. The average molecular weight is 740 g/mol. The first-order valence-electron chi connectivity index (χ1n) is 18.4. The number of aliphatic hydroxyl groups excluding tert-OH is 1. The number of urea groups is 1. The Morgan fingerprint density at radius 3 is 2.09 bits per heavy atom. The number of carboxylic acid groups (broad SMARTS) is 1. The Bertz CT molecular complexity index is 2140. The standard InChI is InChI=1S/C44H41N3O8/c1-43-24-12-11-19-33(43)44(41(52)47(43)42(53)45-27-28-13-5-2-6-14-28)34(39(49)50)36-40(51)55-37(30-17-9-4-10-18-30)35(29-15-7-3-8-16-29)46(36)38(44)31-20-22-32(23-21-31)54-26-25-48/h2-24,33-38,48H,25-27H2,1H3,(H,45,53)(H,49,50)/t33?,34-,35-,36-,37+,38+,43+,44-/m1/s1. The third-order valence-corrected chi connectivity index (χ3v) is 11.6. The van der Waals surface area contributed by atoms with Gasteiger partial charge in [0.25, 0.3) is 0 Å². The molecule has 4 aromatic rings. The molecule has 1 unspecified atom stereocenters. The normalized spacial score (nSPS) is 29.5. The minimum Gasteiger partial charge on any atom is -0.491 e. The fraction of sp³-hybridized carbons (Fsp3) is 0.273. The van der Waals surface area contributed by atoms with E-state index in [4.69, 9.17) is 9.47 Å². The lowest BCUT2D eigenvalue weighted by Gasteiger charge is -2.46. The van der Waals surface area contributed by atoms with Crippen molar-refractivity contribution in [1.82, 2.24) is 15.1 Å². The number of benzene rings is 4. The molecule has 0 saturated carbocycles. The van der Waals surface area contributed by atoms with E-state index in [2.05, 4.69) is 5.32 Å². The zero-order chi connectivity index (χ0) is 38.3. The number of rotatable bonds is 9. The molecule has 3 fully saturated rings. The van der Waals surface area contributed by atoms with Crippen LogP contribution in [0.1, 0.15) is 47.4 Å². The highest BCUT2D eigenvalue weighted by atomic mass is 16.6. The van der Waals surface area contributed by atoms with Crippen LogP contribution in [0, 0.1) is 17.3 Å². The van der Waals surface area contributed by atoms with Crippen LogP contribution in [0.3, 0.4) is 0 Å². The number of aliphatic carboxylic acids is 1. The predicted octanol–water partition coefficient (Wildman–Crippen LogP) is 5.76. The predicted molar refractivity (Wildman–Crippen MR) is 201 cm³/mol. The first kappa shape index (κ1) is 36.0. The van der Waals surface area contributed by atoms with Gasteiger partial charge in [-0.3, -0.25) is 24.2 Å². The molecule has 0 radical (unpaired) electrons. The first-order valence-corrected chi connectivity index (χ1v) is 18.4. The number of carboxylic acids is 1. The molecule has 8 rings (SSSR count). The number of likely N-dealkylation sites (tertiary alicyclic amines) is 1. The van der Waals surface area contributed by atoms with E-state index in [0.717, 1.165) is 16.0 Å². The highest BCUT2D eigenvalue weighted by molar-refractivity contribution is 6.06. The van der Waals surface area contributed by atoms with Crippen molar-refractivity contribution in [1.29, 1.82) is 0 Å². The van der Waals surface area contributed by atoms with Gasteiger partial charge in [0.05, 0.1) is 35.6 Å². The fourth-order valence-corrected chi connectivity index (χ4v) is 9.51. The number of aliphatic hydroxyl groups is 1. The van der Waals surface area contributed by atoms with Crippen molar-refractivity contribution in [2.75, 3.05) is 13.2 Å². The summed E-state index contributed by atoms with van der Waals surface area (Å²) >= 11 is 0. The Kier molecular flexibility index (Phi) is 9.36. The van der Waals surface area contributed by atoms with E-state index < -0.39 is 70.9 Å². The molecule has 0 aromatic heterocycles. The molecule has 1 spiro atoms. The van der Waals surface area contributed by atoms with Gasteiger partial charge in [-0.05, 0) is 41.3 Å².